The number of nitrogens with zero attached hydrogens (tertiary/aromatic N) is 3. The molecule has 3 rings (SSSR count). The SMILES string of the molecule is COC(=O)C1CCCN1c1ccnc2c(O)c([N+](=O)[O-])ccc12. The lowest BCUT2D eigenvalue weighted by Gasteiger charge is -2.25. The lowest BCUT2D eigenvalue weighted by molar-refractivity contribution is -0.385. The number of aromatic nitrogens is 1. The van der Waals surface area contributed by atoms with E-state index in [0.29, 0.717) is 24.0 Å². The number of rotatable bonds is 3. The fraction of sp³-hybridized carbons (Fsp3) is 0.333. The number of ether oxygens (including phenoxy) is 1. The van der Waals surface area contributed by atoms with Gasteiger partial charge in [0.15, 0.2) is 0 Å². The molecule has 120 valence electrons. The quantitative estimate of drug-likeness (QED) is 0.524. The summed E-state index contributed by atoms with van der Waals surface area (Å²) in [4.78, 5) is 28.1. The first-order valence-corrected chi connectivity index (χ1v) is 7.14. The number of methoxy groups -OCH3 is 1. The molecule has 1 aliphatic rings. The Morgan fingerprint density at radius 2 is 2.26 bits per heavy atom. The number of esters is 1. The molecule has 23 heavy (non-hydrogen) atoms. The Morgan fingerprint density at radius 1 is 1.48 bits per heavy atom. The fourth-order valence-electron chi connectivity index (χ4n) is 3.01. The minimum Gasteiger partial charge on any atom is -0.501 e. The van der Waals surface area contributed by atoms with E-state index in [0.717, 1.165) is 6.42 Å². The Balaban J connectivity index is 2.14. The van der Waals surface area contributed by atoms with Gasteiger partial charge in [-0.3, -0.25) is 15.1 Å². The molecule has 8 heteroatoms. The molecular formula is C15H15N3O5. The van der Waals surface area contributed by atoms with Gasteiger partial charge in [0.2, 0.25) is 5.75 Å². The van der Waals surface area contributed by atoms with Crippen LogP contribution in [0.2, 0.25) is 0 Å². The van der Waals surface area contributed by atoms with Crippen LogP contribution in [0.1, 0.15) is 12.8 Å². The molecule has 0 saturated carbocycles. The monoisotopic (exact) mass is 317 g/mol. The molecule has 1 unspecified atom stereocenters. The first kappa shape index (κ1) is 15.0. The molecule has 1 N–H and O–H groups in total. The van der Waals surface area contributed by atoms with Gasteiger partial charge in [-0.2, -0.15) is 0 Å². The van der Waals surface area contributed by atoms with Crippen LogP contribution in [0.15, 0.2) is 24.4 Å². The number of carbonyl (C=O) groups excluding carboxylic acids is 1. The first-order chi connectivity index (χ1) is 11.0. The van der Waals surface area contributed by atoms with Crippen molar-refractivity contribution in [3.8, 4) is 5.75 Å². The highest BCUT2D eigenvalue weighted by atomic mass is 16.6. The van der Waals surface area contributed by atoms with E-state index in [1.807, 2.05) is 4.90 Å². The lowest BCUT2D eigenvalue weighted by Crippen LogP contribution is -2.37. The zero-order valence-corrected chi connectivity index (χ0v) is 12.4. The van der Waals surface area contributed by atoms with Crippen LogP contribution in [-0.2, 0) is 9.53 Å². The second-order valence-electron chi connectivity index (χ2n) is 5.29. The van der Waals surface area contributed by atoms with E-state index in [2.05, 4.69) is 4.98 Å². The Kier molecular flexibility index (Phi) is 3.73. The third-order valence-electron chi connectivity index (χ3n) is 4.07. The minimum absolute atomic E-state index is 0.146. The minimum atomic E-state index is -0.657. The van der Waals surface area contributed by atoms with Crippen molar-refractivity contribution in [3.63, 3.8) is 0 Å². The number of anilines is 1. The number of pyridine rings is 1. The molecule has 2 heterocycles. The van der Waals surface area contributed by atoms with Crippen LogP contribution in [0, 0.1) is 10.1 Å². The summed E-state index contributed by atoms with van der Waals surface area (Å²) in [5, 5.41) is 21.6. The maximum Gasteiger partial charge on any atom is 0.328 e. The molecular weight excluding hydrogens is 302 g/mol. The van der Waals surface area contributed by atoms with Crippen molar-refractivity contribution in [2.75, 3.05) is 18.6 Å². The third-order valence-corrected chi connectivity index (χ3v) is 4.07. The van der Waals surface area contributed by atoms with Gasteiger partial charge < -0.3 is 14.7 Å². The van der Waals surface area contributed by atoms with Crippen molar-refractivity contribution in [1.29, 1.82) is 0 Å². The van der Waals surface area contributed by atoms with Crippen LogP contribution in [0.4, 0.5) is 11.4 Å². The fourth-order valence-corrected chi connectivity index (χ4v) is 3.01. The molecule has 0 radical (unpaired) electrons. The number of nitro benzene ring substituents is 1. The third kappa shape index (κ3) is 2.41. The van der Waals surface area contributed by atoms with Gasteiger partial charge in [-0.15, -0.1) is 0 Å². The summed E-state index contributed by atoms with van der Waals surface area (Å²) < 4.78 is 4.84. The highest BCUT2D eigenvalue weighted by Gasteiger charge is 2.33. The van der Waals surface area contributed by atoms with Gasteiger partial charge in [0, 0.05) is 29.9 Å². The van der Waals surface area contributed by atoms with E-state index in [-0.39, 0.29) is 11.5 Å². The summed E-state index contributed by atoms with van der Waals surface area (Å²) in [6, 6.07) is 4.12. The van der Waals surface area contributed by atoms with Crippen molar-refractivity contribution in [1.82, 2.24) is 4.98 Å². The van der Waals surface area contributed by atoms with Gasteiger partial charge >= 0.3 is 11.7 Å². The van der Waals surface area contributed by atoms with Crippen LogP contribution < -0.4 is 4.90 Å². The number of carbonyl (C=O) groups is 1. The molecule has 1 aliphatic heterocycles. The summed E-state index contributed by atoms with van der Waals surface area (Å²) in [6.45, 7) is 0.663. The number of benzene rings is 1. The molecule has 1 aromatic carbocycles. The average molecular weight is 317 g/mol. The number of aromatic hydroxyl groups is 1. The number of hydrogen-bond acceptors (Lipinski definition) is 7. The highest BCUT2D eigenvalue weighted by Crippen LogP contribution is 2.38. The topological polar surface area (TPSA) is 106 Å². The molecule has 1 fully saturated rings. The van der Waals surface area contributed by atoms with Crippen LogP contribution in [0.25, 0.3) is 10.9 Å². The van der Waals surface area contributed by atoms with Gasteiger partial charge in [-0.05, 0) is 25.0 Å². The average Bonchev–Trinajstić information content (AvgIpc) is 3.03. The van der Waals surface area contributed by atoms with Crippen LogP contribution in [-0.4, -0.2) is 40.7 Å². The number of fused-ring (bicyclic) bond motifs is 1. The predicted octanol–water partition coefficient (Wildman–Crippen LogP) is 1.99. The van der Waals surface area contributed by atoms with E-state index in [1.54, 1.807) is 12.1 Å². The molecule has 0 bridgehead atoms. The smallest absolute Gasteiger partial charge is 0.328 e. The summed E-state index contributed by atoms with van der Waals surface area (Å²) in [5.74, 6) is -0.790. The van der Waals surface area contributed by atoms with Crippen molar-refractivity contribution >= 4 is 28.2 Å². The van der Waals surface area contributed by atoms with Crippen LogP contribution >= 0.6 is 0 Å². The van der Waals surface area contributed by atoms with Crippen LogP contribution in [0.3, 0.4) is 0 Å². The van der Waals surface area contributed by atoms with Gasteiger partial charge in [0.1, 0.15) is 11.6 Å². The summed E-state index contributed by atoms with van der Waals surface area (Å²) >= 11 is 0. The summed E-state index contributed by atoms with van der Waals surface area (Å²) in [5.41, 5.74) is 0.452. The summed E-state index contributed by atoms with van der Waals surface area (Å²) in [7, 11) is 1.35. The largest absolute Gasteiger partial charge is 0.501 e. The van der Waals surface area contributed by atoms with Crippen molar-refractivity contribution in [2.45, 2.75) is 18.9 Å². The number of nitro groups is 1. The van der Waals surface area contributed by atoms with E-state index >= 15 is 0 Å². The zero-order valence-electron chi connectivity index (χ0n) is 12.4. The zero-order chi connectivity index (χ0) is 16.6. The van der Waals surface area contributed by atoms with E-state index < -0.39 is 22.4 Å². The standard InChI is InChI=1S/C15H15N3O5/c1-23-15(20)12-3-2-8-17(12)10-6-7-16-13-9(10)4-5-11(14(13)19)18(21)22/h4-7,12,19H,2-3,8H2,1H3. The molecule has 0 aliphatic carbocycles. The number of phenolic OH excluding ortho intramolecular Hbond substituents is 1. The highest BCUT2D eigenvalue weighted by molar-refractivity contribution is 5.98. The van der Waals surface area contributed by atoms with Crippen LogP contribution in [0.5, 0.6) is 5.75 Å². The molecule has 8 nitrogen and oxygen atoms in total. The molecule has 0 spiro atoms. The number of phenols is 1. The molecule has 0 amide bonds. The Bertz CT molecular complexity index is 792. The lowest BCUT2D eigenvalue weighted by atomic mass is 10.1. The normalized spacial score (nSPS) is 17.4. The van der Waals surface area contributed by atoms with Gasteiger partial charge in [0.05, 0.1) is 12.0 Å². The van der Waals surface area contributed by atoms with E-state index in [9.17, 15) is 20.0 Å². The maximum absolute atomic E-state index is 11.9. The van der Waals surface area contributed by atoms with E-state index in [1.165, 1.54) is 19.4 Å². The predicted molar refractivity (Wildman–Crippen MR) is 82.4 cm³/mol. The van der Waals surface area contributed by atoms with Crippen molar-refractivity contribution in [2.24, 2.45) is 0 Å². The van der Waals surface area contributed by atoms with E-state index in [4.69, 9.17) is 4.74 Å². The second kappa shape index (κ2) is 5.71. The Hall–Kier alpha value is -2.90. The van der Waals surface area contributed by atoms with Gasteiger partial charge in [0.25, 0.3) is 0 Å². The molecule has 1 atom stereocenters. The second-order valence-corrected chi connectivity index (χ2v) is 5.29. The number of hydrogen-bond donors (Lipinski definition) is 1. The molecule has 1 aromatic heterocycles. The van der Waals surface area contributed by atoms with Gasteiger partial charge in [-0.1, -0.05) is 0 Å². The summed E-state index contributed by atoms with van der Waals surface area (Å²) in [6.07, 6.45) is 2.98. The Morgan fingerprint density at radius 3 is 2.96 bits per heavy atom. The molecule has 1 saturated heterocycles. The first-order valence-electron chi connectivity index (χ1n) is 7.14. The van der Waals surface area contributed by atoms with Gasteiger partial charge in [-0.25, -0.2) is 4.79 Å². The molecule has 2 aromatic rings. The maximum atomic E-state index is 11.9. The Labute approximate surface area is 131 Å². The van der Waals surface area contributed by atoms with Crippen molar-refractivity contribution < 1.29 is 19.6 Å². The van der Waals surface area contributed by atoms with Crippen molar-refractivity contribution in [3.05, 3.63) is 34.5 Å².